The molecule has 1 N–H and O–H groups in total. The van der Waals surface area contributed by atoms with E-state index in [1.165, 1.54) is 0 Å². The summed E-state index contributed by atoms with van der Waals surface area (Å²) in [6, 6.07) is 20.3. The first-order chi connectivity index (χ1) is 13.1. The molecular formula is C22H18N2O3. The van der Waals surface area contributed by atoms with Crippen LogP contribution in [0.15, 0.2) is 71.1 Å². The van der Waals surface area contributed by atoms with Crippen LogP contribution in [-0.4, -0.2) is 18.0 Å². The molecule has 0 spiro atoms. The predicted molar refractivity (Wildman–Crippen MR) is 105 cm³/mol. The second-order valence-corrected chi connectivity index (χ2v) is 6.22. The van der Waals surface area contributed by atoms with Gasteiger partial charge in [0, 0.05) is 5.56 Å². The number of fused-ring (bicyclic) bond motifs is 1. The Morgan fingerprint density at radius 3 is 2.59 bits per heavy atom. The van der Waals surface area contributed by atoms with Crippen LogP contribution in [0.25, 0.3) is 22.6 Å². The molecule has 1 heterocycles. The number of nitrogens with one attached hydrogen (secondary N) is 1. The number of hydrogen-bond acceptors (Lipinski definition) is 4. The van der Waals surface area contributed by atoms with Crippen LogP contribution in [0.4, 0.5) is 5.69 Å². The molecule has 0 aliphatic heterocycles. The Balaban J connectivity index is 1.66. The van der Waals surface area contributed by atoms with E-state index < -0.39 is 0 Å². The monoisotopic (exact) mass is 358 g/mol. The zero-order chi connectivity index (χ0) is 18.8. The van der Waals surface area contributed by atoms with Crippen molar-refractivity contribution in [2.75, 3.05) is 12.4 Å². The molecule has 4 rings (SSSR count). The van der Waals surface area contributed by atoms with Gasteiger partial charge in [0.05, 0.1) is 18.4 Å². The summed E-state index contributed by atoms with van der Waals surface area (Å²) in [5.74, 6) is 0.965. The molecule has 5 heteroatoms. The molecule has 0 bridgehead atoms. The van der Waals surface area contributed by atoms with Crippen molar-refractivity contribution in [3.63, 3.8) is 0 Å². The van der Waals surface area contributed by atoms with Crippen LogP contribution in [-0.2, 0) is 0 Å². The van der Waals surface area contributed by atoms with Gasteiger partial charge in [-0.05, 0) is 61.0 Å². The fourth-order valence-corrected chi connectivity index (χ4v) is 2.87. The maximum atomic E-state index is 12.6. The summed E-state index contributed by atoms with van der Waals surface area (Å²) >= 11 is 0. The Labute approximate surface area is 156 Å². The molecule has 5 nitrogen and oxygen atoms in total. The predicted octanol–water partition coefficient (Wildman–Crippen LogP) is 5.06. The minimum atomic E-state index is -0.211. The lowest BCUT2D eigenvalue weighted by Crippen LogP contribution is -2.12. The van der Waals surface area contributed by atoms with Gasteiger partial charge in [-0.15, -0.1) is 0 Å². The number of oxazole rings is 1. The van der Waals surface area contributed by atoms with Crippen molar-refractivity contribution in [2.45, 2.75) is 6.92 Å². The van der Waals surface area contributed by atoms with E-state index in [1.54, 1.807) is 31.4 Å². The average molecular weight is 358 g/mol. The van der Waals surface area contributed by atoms with Crippen molar-refractivity contribution < 1.29 is 13.9 Å². The van der Waals surface area contributed by atoms with E-state index in [0.717, 1.165) is 16.6 Å². The standard InChI is InChI=1S/C22H18N2O3/c1-14-7-12-20-19(13-14)24-22(27-20)17-5-3-4-6-18(17)23-21(25)15-8-10-16(26-2)11-9-15/h3-13H,1-2H3,(H,23,25). The van der Waals surface area contributed by atoms with E-state index in [2.05, 4.69) is 10.3 Å². The van der Waals surface area contributed by atoms with E-state index in [1.807, 2.05) is 49.4 Å². The van der Waals surface area contributed by atoms with Crippen molar-refractivity contribution in [3.05, 3.63) is 77.9 Å². The molecule has 0 radical (unpaired) electrons. The number of methoxy groups -OCH3 is 1. The lowest BCUT2D eigenvalue weighted by Gasteiger charge is -2.09. The molecule has 0 saturated carbocycles. The molecule has 0 unspecified atom stereocenters. The third-order valence-electron chi connectivity index (χ3n) is 4.30. The second-order valence-electron chi connectivity index (χ2n) is 6.22. The summed E-state index contributed by atoms with van der Waals surface area (Å²) < 4.78 is 11.0. The van der Waals surface area contributed by atoms with Gasteiger partial charge in [-0.2, -0.15) is 0 Å². The van der Waals surface area contributed by atoms with Gasteiger partial charge in [0.1, 0.15) is 11.3 Å². The van der Waals surface area contributed by atoms with Gasteiger partial charge in [0.2, 0.25) is 5.89 Å². The van der Waals surface area contributed by atoms with Crippen LogP contribution >= 0.6 is 0 Å². The number of carbonyl (C=O) groups excluding carboxylic acids is 1. The molecule has 0 atom stereocenters. The summed E-state index contributed by atoms with van der Waals surface area (Å²) in [4.78, 5) is 17.2. The molecule has 134 valence electrons. The van der Waals surface area contributed by atoms with Crippen LogP contribution < -0.4 is 10.1 Å². The van der Waals surface area contributed by atoms with Crippen molar-refractivity contribution in [2.24, 2.45) is 0 Å². The molecule has 3 aromatic carbocycles. The third kappa shape index (κ3) is 3.40. The summed E-state index contributed by atoms with van der Waals surface area (Å²) in [5.41, 5.74) is 4.53. The summed E-state index contributed by atoms with van der Waals surface area (Å²) in [5, 5.41) is 2.94. The lowest BCUT2D eigenvalue weighted by atomic mass is 10.1. The summed E-state index contributed by atoms with van der Waals surface area (Å²) in [6.07, 6.45) is 0. The average Bonchev–Trinajstić information content (AvgIpc) is 3.11. The van der Waals surface area contributed by atoms with Crippen molar-refractivity contribution >= 4 is 22.7 Å². The van der Waals surface area contributed by atoms with E-state index >= 15 is 0 Å². The number of para-hydroxylation sites is 1. The number of anilines is 1. The summed E-state index contributed by atoms with van der Waals surface area (Å²) in [7, 11) is 1.59. The fourth-order valence-electron chi connectivity index (χ4n) is 2.87. The number of benzene rings is 3. The molecule has 0 fully saturated rings. The molecule has 4 aromatic rings. The third-order valence-corrected chi connectivity index (χ3v) is 4.30. The Morgan fingerprint density at radius 1 is 1.04 bits per heavy atom. The highest BCUT2D eigenvalue weighted by molar-refractivity contribution is 6.06. The number of rotatable bonds is 4. The van der Waals surface area contributed by atoms with E-state index in [0.29, 0.717) is 28.5 Å². The summed E-state index contributed by atoms with van der Waals surface area (Å²) in [6.45, 7) is 2.01. The topological polar surface area (TPSA) is 64.4 Å². The maximum absolute atomic E-state index is 12.6. The number of aromatic nitrogens is 1. The Kier molecular flexibility index (Phi) is 4.34. The first-order valence-electron chi connectivity index (χ1n) is 8.56. The normalized spacial score (nSPS) is 10.7. The van der Waals surface area contributed by atoms with E-state index in [9.17, 15) is 4.79 Å². The van der Waals surface area contributed by atoms with Gasteiger partial charge in [-0.25, -0.2) is 4.98 Å². The van der Waals surface area contributed by atoms with Crippen LogP contribution in [0.2, 0.25) is 0 Å². The lowest BCUT2D eigenvalue weighted by molar-refractivity contribution is 0.102. The molecule has 0 saturated heterocycles. The molecule has 1 aromatic heterocycles. The number of carbonyl (C=O) groups is 1. The highest BCUT2D eigenvalue weighted by atomic mass is 16.5. The van der Waals surface area contributed by atoms with E-state index in [4.69, 9.17) is 9.15 Å². The number of nitrogens with zero attached hydrogens (tertiary/aromatic N) is 1. The minimum absolute atomic E-state index is 0.211. The fraction of sp³-hybridized carbons (Fsp3) is 0.0909. The number of amides is 1. The van der Waals surface area contributed by atoms with Gasteiger partial charge < -0.3 is 14.5 Å². The highest BCUT2D eigenvalue weighted by Crippen LogP contribution is 2.30. The maximum Gasteiger partial charge on any atom is 0.255 e. The van der Waals surface area contributed by atoms with Crippen molar-refractivity contribution in [1.82, 2.24) is 4.98 Å². The zero-order valence-electron chi connectivity index (χ0n) is 15.0. The quantitative estimate of drug-likeness (QED) is 0.553. The van der Waals surface area contributed by atoms with Gasteiger partial charge in [0.15, 0.2) is 5.58 Å². The first kappa shape index (κ1) is 16.8. The van der Waals surface area contributed by atoms with Crippen molar-refractivity contribution in [1.29, 1.82) is 0 Å². The molecular weight excluding hydrogens is 340 g/mol. The molecule has 0 aliphatic carbocycles. The first-order valence-corrected chi connectivity index (χ1v) is 8.56. The zero-order valence-corrected chi connectivity index (χ0v) is 15.0. The van der Waals surface area contributed by atoms with E-state index in [-0.39, 0.29) is 5.91 Å². The van der Waals surface area contributed by atoms with Crippen LogP contribution in [0.1, 0.15) is 15.9 Å². The Hall–Kier alpha value is -3.60. The Morgan fingerprint density at radius 2 is 1.81 bits per heavy atom. The molecule has 1 amide bonds. The van der Waals surface area contributed by atoms with Gasteiger partial charge in [0.25, 0.3) is 5.91 Å². The van der Waals surface area contributed by atoms with Gasteiger partial charge in [-0.3, -0.25) is 4.79 Å². The SMILES string of the molecule is COc1ccc(C(=O)Nc2ccccc2-c2nc3cc(C)ccc3o2)cc1. The van der Waals surface area contributed by atoms with Crippen LogP contribution in [0.3, 0.4) is 0 Å². The largest absolute Gasteiger partial charge is 0.497 e. The number of aryl methyl sites for hydroxylation is 1. The van der Waals surface area contributed by atoms with Crippen molar-refractivity contribution in [3.8, 4) is 17.2 Å². The smallest absolute Gasteiger partial charge is 0.255 e. The number of hydrogen-bond donors (Lipinski definition) is 1. The van der Waals surface area contributed by atoms with Crippen LogP contribution in [0.5, 0.6) is 5.75 Å². The minimum Gasteiger partial charge on any atom is -0.497 e. The van der Waals surface area contributed by atoms with Gasteiger partial charge in [-0.1, -0.05) is 18.2 Å². The molecule has 0 aliphatic rings. The van der Waals surface area contributed by atoms with Gasteiger partial charge >= 0.3 is 0 Å². The Bertz CT molecular complexity index is 1110. The number of ether oxygens (including phenoxy) is 1. The highest BCUT2D eigenvalue weighted by Gasteiger charge is 2.15. The second kappa shape index (κ2) is 6.96. The molecule has 27 heavy (non-hydrogen) atoms. The van der Waals surface area contributed by atoms with Crippen LogP contribution in [0, 0.1) is 6.92 Å².